The van der Waals surface area contributed by atoms with Gasteiger partial charge in [0.2, 0.25) is 21.9 Å². The molecule has 4 rings (SSSR count). The summed E-state index contributed by atoms with van der Waals surface area (Å²) in [5, 5.41) is 2.93. The van der Waals surface area contributed by atoms with Crippen LogP contribution in [0.15, 0.2) is 41.6 Å². The van der Waals surface area contributed by atoms with Crippen molar-refractivity contribution in [2.24, 2.45) is 5.92 Å². The molecule has 2 aliphatic rings. The lowest BCUT2D eigenvalue weighted by Gasteiger charge is -2.32. The van der Waals surface area contributed by atoms with Crippen molar-refractivity contribution in [1.29, 1.82) is 0 Å². The van der Waals surface area contributed by atoms with Crippen molar-refractivity contribution < 1.29 is 22.7 Å². The van der Waals surface area contributed by atoms with Crippen LogP contribution in [0.3, 0.4) is 0 Å². The van der Waals surface area contributed by atoms with Crippen LogP contribution < -0.4 is 15.0 Å². The van der Waals surface area contributed by atoms with E-state index in [1.807, 2.05) is 18.7 Å². The summed E-state index contributed by atoms with van der Waals surface area (Å²) >= 11 is 0. The summed E-state index contributed by atoms with van der Waals surface area (Å²) in [7, 11) is -3.71. The van der Waals surface area contributed by atoms with Gasteiger partial charge in [0.15, 0.2) is 0 Å². The lowest BCUT2D eigenvalue weighted by atomic mass is 9.97. The maximum Gasteiger partial charge on any atom is 0.243 e. The molecule has 1 aromatic carbocycles. The highest BCUT2D eigenvalue weighted by Crippen LogP contribution is 2.31. The van der Waals surface area contributed by atoms with Crippen molar-refractivity contribution in [2.45, 2.75) is 37.7 Å². The van der Waals surface area contributed by atoms with Crippen LogP contribution in [0, 0.1) is 5.92 Å². The SMILES string of the molecule is CC(C)Oc1ccc(S(=O)(=O)N2CCOCC2)cc1NC(=O)C1CCCN(c2ncccn2)C1. The van der Waals surface area contributed by atoms with Gasteiger partial charge in [0.1, 0.15) is 5.75 Å². The lowest BCUT2D eigenvalue weighted by Crippen LogP contribution is -2.41. The minimum absolute atomic E-state index is 0.115. The summed E-state index contributed by atoms with van der Waals surface area (Å²) in [5.41, 5.74) is 0.348. The minimum atomic E-state index is -3.71. The van der Waals surface area contributed by atoms with E-state index in [-0.39, 0.29) is 22.8 Å². The van der Waals surface area contributed by atoms with Gasteiger partial charge in [-0.25, -0.2) is 18.4 Å². The van der Waals surface area contributed by atoms with Crippen molar-refractivity contribution >= 4 is 27.6 Å². The van der Waals surface area contributed by atoms with Crippen LogP contribution in [-0.4, -0.2) is 74.1 Å². The van der Waals surface area contributed by atoms with Crippen LogP contribution >= 0.6 is 0 Å². The average Bonchev–Trinajstić information content (AvgIpc) is 2.86. The number of carbonyl (C=O) groups excluding carboxylic acids is 1. The molecule has 34 heavy (non-hydrogen) atoms. The van der Waals surface area contributed by atoms with Crippen LogP contribution in [0.5, 0.6) is 5.75 Å². The van der Waals surface area contributed by atoms with Gasteiger partial charge in [-0.05, 0) is 51.0 Å². The number of anilines is 2. The summed E-state index contributed by atoms with van der Waals surface area (Å²) in [6.07, 6.45) is 4.78. The van der Waals surface area contributed by atoms with E-state index in [0.29, 0.717) is 50.2 Å². The minimum Gasteiger partial charge on any atom is -0.489 e. The quantitative estimate of drug-likeness (QED) is 0.629. The topological polar surface area (TPSA) is 114 Å². The zero-order valence-corrected chi connectivity index (χ0v) is 20.3. The van der Waals surface area contributed by atoms with Gasteiger partial charge >= 0.3 is 0 Å². The van der Waals surface area contributed by atoms with E-state index in [1.54, 1.807) is 24.5 Å². The Hall–Kier alpha value is -2.76. The second-order valence-electron chi connectivity index (χ2n) is 8.66. The molecule has 10 nitrogen and oxygen atoms in total. The summed E-state index contributed by atoms with van der Waals surface area (Å²) in [6.45, 7) is 6.35. The fourth-order valence-corrected chi connectivity index (χ4v) is 5.56. The summed E-state index contributed by atoms with van der Waals surface area (Å²) in [5.74, 6) is 0.560. The Morgan fingerprint density at radius 2 is 1.91 bits per heavy atom. The Labute approximate surface area is 200 Å². The number of nitrogens with zero attached hydrogens (tertiary/aromatic N) is 4. The third kappa shape index (κ3) is 5.65. The Morgan fingerprint density at radius 3 is 2.62 bits per heavy atom. The number of hydrogen-bond donors (Lipinski definition) is 1. The van der Waals surface area contributed by atoms with Gasteiger partial charge in [-0.1, -0.05) is 0 Å². The van der Waals surface area contributed by atoms with E-state index >= 15 is 0 Å². The summed E-state index contributed by atoms with van der Waals surface area (Å²) in [4.78, 5) is 23.9. The molecule has 1 N–H and O–H groups in total. The van der Waals surface area contributed by atoms with Gasteiger partial charge in [0.05, 0.1) is 35.8 Å². The van der Waals surface area contributed by atoms with E-state index < -0.39 is 10.0 Å². The first kappa shape index (κ1) is 24.4. The molecule has 0 saturated carbocycles. The van der Waals surface area contributed by atoms with Gasteiger partial charge in [0.25, 0.3) is 0 Å². The number of nitrogens with one attached hydrogen (secondary N) is 1. The van der Waals surface area contributed by atoms with Crippen molar-refractivity contribution in [3.63, 3.8) is 0 Å². The Bertz CT molecular complexity index is 1090. The molecule has 1 aromatic heterocycles. The Balaban J connectivity index is 1.55. The second kappa shape index (κ2) is 10.7. The van der Waals surface area contributed by atoms with E-state index in [9.17, 15) is 13.2 Å². The first-order valence-electron chi connectivity index (χ1n) is 11.6. The zero-order chi connectivity index (χ0) is 24.1. The Morgan fingerprint density at radius 1 is 1.18 bits per heavy atom. The van der Waals surface area contributed by atoms with E-state index in [1.165, 1.54) is 16.4 Å². The number of aromatic nitrogens is 2. The molecule has 11 heteroatoms. The average molecular weight is 490 g/mol. The summed E-state index contributed by atoms with van der Waals surface area (Å²) < 4.78 is 38.9. The first-order chi connectivity index (χ1) is 16.3. The van der Waals surface area contributed by atoms with Crippen molar-refractivity contribution in [1.82, 2.24) is 14.3 Å². The third-order valence-electron chi connectivity index (χ3n) is 5.81. The normalized spacial score (nSPS) is 19.7. The zero-order valence-electron chi connectivity index (χ0n) is 19.5. The fourth-order valence-electron chi connectivity index (χ4n) is 4.12. The van der Waals surface area contributed by atoms with Crippen LogP contribution in [0.2, 0.25) is 0 Å². The molecule has 184 valence electrons. The Kier molecular flexibility index (Phi) is 7.64. The van der Waals surface area contributed by atoms with Gasteiger partial charge in [-0.3, -0.25) is 4.79 Å². The van der Waals surface area contributed by atoms with Gasteiger partial charge in [-0.15, -0.1) is 0 Å². The molecule has 2 aromatic rings. The molecule has 2 fully saturated rings. The van der Waals surface area contributed by atoms with Crippen LogP contribution in [-0.2, 0) is 19.6 Å². The highest BCUT2D eigenvalue weighted by atomic mass is 32.2. The monoisotopic (exact) mass is 489 g/mol. The number of amides is 1. The summed E-state index contributed by atoms with van der Waals surface area (Å²) in [6, 6.07) is 6.37. The van der Waals surface area contributed by atoms with Crippen LogP contribution in [0.4, 0.5) is 11.6 Å². The molecular formula is C23H31N5O5S. The highest BCUT2D eigenvalue weighted by Gasteiger charge is 2.30. The molecule has 0 aliphatic carbocycles. The maximum atomic E-state index is 13.2. The van der Waals surface area contributed by atoms with Crippen LogP contribution in [0.1, 0.15) is 26.7 Å². The second-order valence-corrected chi connectivity index (χ2v) is 10.6. The van der Waals surface area contributed by atoms with Crippen molar-refractivity contribution in [3.05, 3.63) is 36.7 Å². The van der Waals surface area contributed by atoms with Gasteiger partial charge in [0, 0.05) is 38.6 Å². The predicted octanol–water partition coefficient (Wildman–Crippen LogP) is 2.14. The van der Waals surface area contributed by atoms with Crippen molar-refractivity contribution in [3.8, 4) is 5.75 Å². The van der Waals surface area contributed by atoms with E-state index in [4.69, 9.17) is 9.47 Å². The number of piperidine rings is 1. The number of carbonyl (C=O) groups is 1. The number of ether oxygens (including phenoxy) is 2. The molecule has 2 aliphatic heterocycles. The molecule has 1 atom stereocenters. The molecule has 2 saturated heterocycles. The molecule has 0 radical (unpaired) electrons. The maximum absolute atomic E-state index is 13.2. The number of sulfonamides is 1. The first-order valence-corrected chi connectivity index (χ1v) is 13.0. The van der Waals surface area contributed by atoms with Gasteiger partial charge in [-0.2, -0.15) is 4.31 Å². The standard InChI is InChI=1S/C23H31N5O5S/c1-17(2)33-21-7-6-19(34(30,31)28-11-13-32-14-12-28)15-20(21)26-22(29)18-5-3-10-27(16-18)23-24-8-4-9-25-23/h4,6-9,15,17-18H,3,5,10-14,16H2,1-2H3,(H,26,29). The number of benzene rings is 1. The smallest absolute Gasteiger partial charge is 0.243 e. The van der Waals surface area contributed by atoms with Gasteiger partial charge < -0.3 is 19.7 Å². The van der Waals surface area contributed by atoms with E-state index in [0.717, 1.165) is 19.4 Å². The lowest BCUT2D eigenvalue weighted by molar-refractivity contribution is -0.120. The van der Waals surface area contributed by atoms with Crippen molar-refractivity contribution in [2.75, 3.05) is 49.6 Å². The number of hydrogen-bond acceptors (Lipinski definition) is 8. The van der Waals surface area contributed by atoms with E-state index in [2.05, 4.69) is 15.3 Å². The molecular weight excluding hydrogens is 458 g/mol. The van der Waals surface area contributed by atoms with Crippen LogP contribution in [0.25, 0.3) is 0 Å². The number of morpholine rings is 1. The molecule has 1 amide bonds. The molecule has 3 heterocycles. The molecule has 0 spiro atoms. The fraction of sp³-hybridized carbons (Fsp3) is 0.522. The third-order valence-corrected chi connectivity index (χ3v) is 7.70. The molecule has 1 unspecified atom stereocenters. The molecule has 0 bridgehead atoms. The number of rotatable bonds is 7. The largest absolute Gasteiger partial charge is 0.489 e. The highest BCUT2D eigenvalue weighted by molar-refractivity contribution is 7.89. The predicted molar refractivity (Wildman–Crippen MR) is 127 cm³/mol.